The molecule has 1 N–H and O–H groups in total. The molecule has 0 bridgehead atoms. The van der Waals surface area contributed by atoms with E-state index in [1.807, 2.05) is 24.3 Å². The van der Waals surface area contributed by atoms with E-state index in [0.717, 1.165) is 5.56 Å². The smallest absolute Gasteiger partial charge is 0.278 e. The fourth-order valence-electron chi connectivity index (χ4n) is 2.13. The van der Waals surface area contributed by atoms with Crippen LogP contribution in [0.4, 0.5) is 5.82 Å². The van der Waals surface area contributed by atoms with E-state index in [-0.39, 0.29) is 5.69 Å². The second-order valence-corrected chi connectivity index (χ2v) is 5.83. The van der Waals surface area contributed by atoms with E-state index in [0.29, 0.717) is 22.4 Å². The Hall–Kier alpha value is -2.31. The van der Waals surface area contributed by atoms with Crippen molar-refractivity contribution in [2.45, 2.75) is 6.54 Å². The van der Waals surface area contributed by atoms with Crippen LogP contribution in [0.15, 0.2) is 42.7 Å². The molecule has 0 aliphatic heterocycles. The van der Waals surface area contributed by atoms with E-state index in [9.17, 15) is 4.79 Å². The second-order valence-electron chi connectivity index (χ2n) is 4.98. The maximum atomic E-state index is 12.1. The lowest BCUT2D eigenvalue weighted by molar-refractivity contribution is 0.102. The number of carbonyl (C=O) groups excluding carboxylic acids is 1. The van der Waals surface area contributed by atoms with Crippen LogP contribution < -0.4 is 5.32 Å². The van der Waals surface area contributed by atoms with Gasteiger partial charge in [0.2, 0.25) is 0 Å². The minimum absolute atomic E-state index is 0.165. The van der Waals surface area contributed by atoms with Crippen LogP contribution in [0.1, 0.15) is 16.1 Å². The summed E-state index contributed by atoms with van der Waals surface area (Å²) in [5.74, 6) is 0.0300. The van der Waals surface area contributed by atoms with Gasteiger partial charge in [0.25, 0.3) is 5.91 Å². The first kappa shape index (κ1) is 15.6. The average Bonchev–Trinajstić information content (AvgIpc) is 3.05. The molecule has 0 fully saturated rings. The summed E-state index contributed by atoms with van der Waals surface area (Å²) in [6.07, 6.45) is 3.34. The van der Waals surface area contributed by atoms with Crippen molar-refractivity contribution in [3.63, 3.8) is 0 Å². The molecular formula is C15H13Cl2N5O. The molecule has 23 heavy (non-hydrogen) atoms. The molecule has 118 valence electrons. The molecule has 0 saturated heterocycles. The lowest BCUT2D eigenvalue weighted by atomic mass is 10.2. The average molecular weight is 350 g/mol. The Morgan fingerprint density at radius 3 is 2.78 bits per heavy atom. The molecule has 0 radical (unpaired) electrons. The number of aryl methyl sites for hydroxylation is 1. The van der Waals surface area contributed by atoms with Crippen molar-refractivity contribution in [3.05, 3.63) is 64.0 Å². The van der Waals surface area contributed by atoms with E-state index in [1.165, 1.54) is 4.68 Å². The van der Waals surface area contributed by atoms with Gasteiger partial charge in [-0.1, -0.05) is 35.3 Å². The standard InChI is InChI=1S/C15H13Cl2N5O/c1-21-9-12(17)14(20-21)15(23)18-13-5-6-22(19-13)8-10-3-2-4-11(16)7-10/h2-7,9H,8H2,1H3,(H,18,19,23). The van der Waals surface area contributed by atoms with Crippen LogP contribution in [0.2, 0.25) is 10.0 Å². The van der Waals surface area contributed by atoms with Crippen molar-refractivity contribution in [1.82, 2.24) is 19.6 Å². The number of hydrogen-bond acceptors (Lipinski definition) is 3. The Balaban J connectivity index is 1.70. The second kappa shape index (κ2) is 6.44. The number of benzene rings is 1. The minimum Gasteiger partial charge on any atom is -0.304 e. The number of aromatic nitrogens is 4. The molecule has 2 aromatic heterocycles. The number of halogens is 2. The van der Waals surface area contributed by atoms with Gasteiger partial charge >= 0.3 is 0 Å². The van der Waals surface area contributed by atoms with E-state index in [4.69, 9.17) is 23.2 Å². The van der Waals surface area contributed by atoms with Gasteiger partial charge in [0.1, 0.15) is 0 Å². The summed E-state index contributed by atoms with van der Waals surface area (Å²) in [4.78, 5) is 12.1. The van der Waals surface area contributed by atoms with Crippen LogP contribution in [0.3, 0.4) is 0 Å². The number of nitrogens with one attached hydrogen (secondary N) is 1. The van der Waals surface area contributed by atoms with Crippen molar-refractivity contribution >= 4 is 34.9 Å². The third kappa shape index (κ3) is 3.72. The zero-order chi connectivity index (χ0) is 16.4. The molecule has 2 heterocycles. The third-order valence-corrected chi connectivity index (χ3v) is 3.63. The highest BCUT2D eigenvalue weighted by atomic mass is 35.5. The fraction of sp³-hybridized carbons (Fsp3) is 0.133. The van der Waals surface area contributed by atoms with Gasteiger partial charge in [-0.3, -0.25) is 14.2 Å². The molecule has 6 nitrogen and oxygen atoms in total. The van der Waals surface area contributed by atoms with Gasteiger partial charge in [-0.05, 0) is 17.7 Å². The van der Waals surface area contributed by atoms with Gasteiger partial charge in [-0.15, -0.1) is 0 Å². The van der Waals surface area contributed by atoms with Gasteiger partial charge < -0.3 is 5.32 Å². The van der Waals surface area contributed by atoms with Crippen LogP contribution in [0.25, 0.3) is 0 Å². The van der Waals surface area contributed by atoms with Crippen LogP contribution >= 0.6 is 23.2 Å². The van der Waals surface area contributed by atoms with Gasteiger partial charge in [-0.25, -0.2) is 0 Å². The predicted octanol–water partition coefficient (Wildman–Crippen LogP) is 3.22. The number of rotatable bonds is 4. The minimum atomic E-state index is -0.399. The fourth-order valence-corrected chi connectivity index (χ4v) is 2.61. The Kier molecular flexibility index (Phi) is 4.36. The van der Waals surface area contributed by atoms with Crippen molar-refractivity contribution in [2.75, 3.05) is 5.32 Å². The lowest BCUT2D eigenvalue weighted by Gasteiger charge is -2.03. The largest absolute Gasteiger partial charge is 0.304 e. The first-order valence-electron chi connectivity index (χ1n) is 6.79. The van der Waals surface area contributed by atoms with Gasteiger partial charge in [0.05, 0.1) is 11.6 Å². The summed E-state index contributed by atoms with van der Waals surface area (Å²) in [6.45, 7) is 0.556. The van der Waals surface area contributed by atoms with Crippen LogP contribution in [0, 0.1) is 0 Å². The van der Waals surface area contributed by atoms with E-state index < -0.39 is 5.91 Å². The molecule has 3 aromatic rings. The molecule has 1 amide bonds. The van der Waals surface area contributed by atoms with Crippen LogP contribution in [-0.2, 0) is 13.6 Å². The van der Waals surface area contributed by atoms with Crippen molar-refractivity contribution in [2.24, 2.45) is 7.05 Å². The monoisotopic (exact) mass is 349 g/mol. The lowest BCUT2D eigenvalue weighted by Crippen LogP contribution is -2.14. The summed E-state index contributed by atoms with van der Waals surface area (Å²) in [5.41, 5.74) is 1.19. The number of nitrogens with zero attached hydrogens (tertiary/aromatic N) is 4. The van der Waals surface area contributed by atoms with Crippen molar-refractivity contribution < 1.29 is 4.79 Å². The Bertz CT molecular complexity index is 855. The molecule has 0 atom stereocenters. The third-order valence-electron chi connectivity index (χ3n) is 3.12. The van der Waals surface area contributed by atoms with Crippen LogP contribution in [-0.4, -0.2) is 25.5 Å². The highest BCUT2D eigenvalue weighted by Gasteiger charge is 2.15. The van der Waals surface area contributed by atoms with Crippen LogP contribution in [0.5, 0.6) is 0 Å². The summed E-state index contributed by atoms with van der Waals surface area (Å²) < 4.78 is 3.19. The van der Waals surface area contributed by atoms with E-state index in [2.05, 4.69) is 15.5 Å². The molecule has 0 aliphatic rings. The molecule has 0 saturated carbocycles. The topological polar surface area (TPSA) is 64.7 Å². The first-order valence-corrected chi connectivity index (χ1v) is 7.55. The maximum Gasteiger partial charge on any atom is 0.278 e. The summed E-state index contributed by atoms with van der Waals surface area (Å²) in [5, 5.41) is 12.0. The van der Waals surface area contributed by atoms with Gasteiger partial charge in [-0.2, -0.15) is 10.2 Å². The summed E-state index contributed by atoms with van der Waals surface area (Å²) in [7, 11) is 1.70. The van der Waals surface area contributed by atoms with E-state index >= 15 is 0 Å². The van der Waals surface area contributed by atoms with Crippen molar-refractivity contribution in [3.8, 4) is 0 Å². The molecule has 1 aromatic carbocycles. The molecule has 0 unspecified atom stereocenters. The Morgan fingerprint density at radius 2 is 2.09 bits per heavy atom. The zero-order valence-electron chi connectivity index (χ0n) is 12.2. The summed E-state index contributed by atoms with van der Waals surface area (Å²) in [6, 6.07) is 9.23. The predicted molar refractivity (Wildman–Crippen MR) is 89.0 cm³/mol. The van der Waals surface area contributed by atoms with Crippen molar-refractivity contribution in [1.29, 1.82) is 0 Å². The summed E-state index contributed by atoms with van der Waals surface area (Å²) >= 11 is 11.9. The number of anilines is 1. The molecule has 3 rings (SSSR count). The highest BCUT2D eigenvalue weighted by Crippen LogP contribution is 2.16. The zero-order valence-corrected chi connectivity index (χ0v) is 13.7. The van der Waals surface area contributed by atoms with Gasteiger partial charge in [0.15, 0.2) is 11.5 Å². The Labute approximate surface area is 142 Å². The van der Waals surface area contributed by atoms with E-state index in [1.54, 1.807) is 30.2 Å². The molecule has 8 heteroatoms. The number of hydrogen-bond donors (Lipinski definition) is 1. The number of carbonyl (C=O) groups is 1. The molecular weight excluding hydrogens is 337 g/mol. The quantitative estimate of drug-likeness (QED) is 0.786. The highest BCUT2D eigenvalue weighted by molar-refractivity contribution is 6.34. The SMILES string of the molecule is Cn1cc(Cl)c(C(=O)Nc2ccn(Cc3cccc(Cl)c3)n2)n1. The number of amides is 1. The van der Waals surface area contributed by atoms with Gasteiger partial charge in [0, 0.05) is 30.5 Å². The molecule has 0 spiro atoms. The first-order chi connectivity index (χ1) is 11.0. The Morgan fingerprint density at radius 1 is 1.26 bits per heavy atom. The molecule has 0 aliphatic carbocycles. The normalized spacial score (nSPS) is 10.7. The maximum absolute atomic E-state index is 12.1.